The second-order valence-electron chi connectivity index (χ2n) is 14.5. The van der Waals surface area contributed by atoms with Gasteiger partial charge >= 0.3 is 0 Å². The lowest BCUT2D eigenvalue weighted by Gasteiger charge is -2.28. The Morgan fingerprint density at radius 3 is 1.61 bits per heavy atom. The molecule has 9 aromatic carbocycles. The molecule has 0 spiro atoms. The maximum atomic E-state index is 7.15. The molecule has 0 atom stereocenters. The van der Waals surface area contributed by atoms with Crippen LogP contribution in [-0.2, 0) is 0 Å². The first-order valence-corrected chi connectivity index (χ1v) is 20.1. The molecule has 0 bridgehead atoms. The molecule has 11 rings (SSSR count). The maximum Gasteiger partial charge on any atom is 0.159 e. The molecule has 2 heterocycles. The van der Waals surface area contributed by atoms with Crippen LogP contribution in [0, 0.1) is 0 Å². The molecule has 268 valence electrons. The van der Waals surface area contributed by atoms with Crippen LogP contribution in [0.4, 0.5) is 17.1 Å². The van der Waals surface area contributed by atoms with Crippen LogP contribution in [0.3, 0.4) is 0 Å². The number of anilines is 3. The Labute approximate surface area is 336 Å². The minimum absolute atomic E-state index is 0.822. The lowest BCUT2D eigenvalue weighted by Crippen LogP contribution is -2.11. The van der Waals surface area contributed by atoms with Gasteiger partial charge in [0, 0.05) is 42.7 Å². The molecule has 0 unspecified atom stereocenters. The van der Waals surface area contributed by atoms with Crippen molar-refractivity contribution in [2.24, 2.45) is 0 Å². The van der Waals surface area contributed by atoms with Crippen molar-refractivity contribution in [1.29, 1.82) is 0 Å². The third-order valence-electron chi connectivity index (χ3n) is 11.1. The molecule has 0 aliphatic carbocycles. The summed E-state index contributed by atoms with van der Waals surface area (Å²) in [5, 5.41) is 2.61. The topological polar surface area (TPSA) is 12.5 Å². The van der Waals surface area contributed by atoms with E-state index in [4.69, 9.17) is 4.74 Å². The monoisotopic (exact) mass is 745 g/mol. The van der Waals surface area contributed by atoms with Gasteiger partial charge in [0.05, 0.1) is 5.69 Å². The first-order valence-electron chi connectivity index (χ1n) is 19.3. The maximum absolute atomic E-state index is 7.15. The van der Waals surface area contributed by atoms with Crippen LogP contribution < -0.4 is 9.64 Å². The van der Waals surface area contributed by atoms with Gasteiger partial charge in [0.1, 0.15) is 5.75 Å². The first kappa shape index (κ1) is 33.2. The van der Waals surface area contributed by atoms with Gasteiger partial charge in [-0.15, -0.1) is 11.3 Å². The zero-order valence-corrected chi connectivity index (χ0v) is 31.8. The predicted molar refractivity (Wildman–Crippen MR) is 241 cm³/mol. The van der Waals surface area contributed by atoms with E-state index < -0.39 is 0 Å². The molecular formula is C54H35NOS. The quantitative estimate of drug-likeness (QED) is 0.168. The van der Waals surface area contributed by atoms with E-state index in [1.54, 1.807) is 0 Å². The van der Waals surface area contributed by atoms with Crippen molar-refractivity contribution in [2.45, 2.75) is 0 Å². The molecule has 1 aliphatic rings. The van der Waals surface area contributed by atoms with Crippen molar-refractivity contribution in [3.05, 3.63) is 212 Å². The lowest BCUT2D eigenvalue weighted by atomic mass is 9.92. The second-order valence-corrected chi connectivity index (χ2v) is 15.5. The fourth-order valence-corrected chi connectivity index (χ4v) is 9.59. The molecule has 0 fully saturated rings. The van der Waals surface area contributed by atoms with Crippen molar-refractivity contribution in [3.8, 4) is 67.1 Å². The molecule has 3 heteroatoms. The minimum Gasteiger partial charge on any atom is -0.454 e. The lowest BCUT2D eigenvalue weighted by molar-refractivity contribution is 0.489. The number of thiophene rings is 1. The normalized spacial score (nSPS) is 11.6. The summed E-state index contributed by atoms with van der Waals surface area (Å²) in [5.74, 6) is 1.65. The summed E-state index contributed by atoms with van der Waals surface area (Å²) in [6, 6.07) is 76.1. The van der Waals surface area contributed by atoms with Crippen LogP contribution >= 0.6 is 11.3 Å². The van der Waals surface area contributed by atoms with Crippen molar-refractivity contribution < 1.29 is 4.74 Å². The molecule has 0 saturated carbocycles. The average molecular weight is 746 g/mol. The third kappa shape index (κ3) is 5.80. The Morgan fingerprint density at radius 2 is 0.877 bits per heavy atom. The Morgan fingerprint density at radius 1 is 0.351 bits per heavy atom. The second kappa shape index (κ2) is 13.8. The van der Waals surface area contributed by atoms with Gasteiger partial charge in [0.25, 0.3) is 0 Å². The number of para-hydroxylation sites is 1. The SMILES string of the molecule is c1ccc(-c2ccc(N(c3ccc(-c4cccc5c4sc4ccccc45)cc3)c3cccc4c3Oc3ccc(-c5ccccc5)cc3-c3ccccc3-4)cc2)cc1. The first-order chi connectivity index (χ1) is 28.3. The summed E-state index contributed by atoms with van der Waals surface area (Å²) >= 11 is 1.87. The van der Waals surface area contributed by atoms with E-state index in [0.717, 1.165) is 56.4 Å². The van der Waals surface area contributed by atoms with E-state index in [2.05, 4.69) is 217 Å². The summed E-state index contributed by atoms with van der Waals surface area (Å²) in [4.78, 5) is 2.34. The van der Waals surface area contributed by atoms with E-state index in [1.165, 1.54) is 48.0 Å². The highest BCUT2D eigenvalue weighted by atomic mass is 32.1. The van der Waals surface area contributed by atoms with Crippen LogP contribution in [0.5, 0.6) is 11.5 Å². The van der Waals surface area contributed by atoms with Crippen LogP contribution in [0.1, 0.15) is 0 Å². The molecule has 1 aromatic heterocycles. The highest BCUT2D eigenvalue weighted by molar-refractivity contribution is 7.26. The Kier molecular flexibility index (Phi) is 8.04. The van der Waals surface area contributed by atoms with Gasteiger partial charge in [-0.1, -0.05) is 164 Å². The van der Waals surface area contributed by atoms with E-state index >= 15 is 0 Å². The number of hydrogen-bond acceptors (Lipinski definition) is 3. The molecular weight excluding hydrogens is 711 g/mol. The molecule has 0 amide bonds. The van der Waals surface area contributed by atoms with Crippen LogP contribution in [0.2, 0.25) is 0 Å². The van der Waals surface area contributed by atoms with Gasteiger partial charge in [-0.2, -0.15) is 0 Å². The third-order valence-corrected chi connectivity index (χ3v) is 12.3. The highest BCUT2D eigenvalue weighted by Gasteiger charge is 2.27. The van der Waals surface area contributed by atoms with Crippen molar-refractivity contribution in [2.75, 3.05) is 4.90 Å². The van der Waals surface area contributed by atoms with E-state index in [0.29, 0.717) is 0 Å². The zero-order chi connectivity index (χ0) is 37.7. The van der Waals surface area contributed by atoms with Gasteiger partial charge in [-0.3, -0.25) is 0 Å². The van der Waals surface area contributed by atoms with Gasteiger partial charge in [-0.05, 0) is 93.0 Å². The van der Waals surface area contributed by atoms with Crippen LogP contribution in [0.25, 0.3) is 75.8 Å². The molecule has 0 saturated heterocycles. The summed E-state index contributed by atoms with van der Waals surface area (Å²) in [6.07, 6.45) is 0. The van der Waals surface area contributed by atoms with Crippen LogP contribution in [-0.4, -0.2) is 0 Å². The summed E-state index contributed by atoms with van der Waals surface area (Å²) in [6.45, 7) is 0. The fraction of sp³-hybridized carbons (Fsp3) is 0. The number of nitrogens with zero attached hydrogens (tertiary/aromatic N) is 1. The van der Waals surface area contributed by atoms with Gasteiger partial charge in [0.15, 0.2) is 5.75 Å². The minimum atomic E-state index is 0.822. The van der Waals surface area contributed by atoms with E-state index in [-0.39, 0.29) is 0 Å². The number of benzene rings is 9. The van der Waals surface area contributed by atoms with Gasteiger partial charge < -0.3 is 9.64 Å². The molecule has 57 heavy (non-hydrogen) atoms. The number of hydrogen-bond donors (Lipinski definition) is 0. The number of fused-ring (bicyclic) bond motifs is 8. The summed E-state index contributed by atoms with van der Waals surface area (Å²) in [5.41, 5.74) is 14.6. The summed E-state index contributed by atoms with van der Waals surface area (Å²) in [7, 11) is 0. The fourth-order valence-electron chi connectivity index (χ4n) is 8.35. The van der Waals surface area contributed by atoms with Crippen LogP contribution in [0.15, 0.2) is 212 Å². The van der Waals surface area contributed by atoms with Crippen molar-refractivity contribution >= 4 is 48.6 Å². The Balaban J connectivity index is 1.07. The molecule has 10 aromatic rings. The largest absolute Gasteiger partial charge is 0.454 e. The number of rotatable bonds is 6. The van der Waals surface area contributed by atoms with Gasteiger partial charge in [-0.25, -0.2) is 0 Å². The number of ether oxygens (including phenoxy) is 1. The highest BCUT2D eigenvalue weighted by Crippen LogP contribution is 2.53. The Bertz CT molecular complexity index is 3080. The molecule has 2 nitrogen and oxygen atoms in total. The standard InChI is InChI=1S/C54H35NOS/c1-3-13-36(14-4-1)38-25-30-41(31-26-38)55(42-32-27-39(28-33-42)43-20-11-22-48-46-19-9-10-24-52(46)57-54(43)48)50-23-12-21-47-44-17-7-8-18-45(44)49-35-40(37-15-5-2-6-16-37)29-34-51(49)56-53(47)50/h1-35H. The van der Waals surface area contributed by atoms with E-state index in [1.807, 2.05) is 11.3 Å². The van der Waals surface area contributed by atoms with Crippen molar-refractivity contribution in [1.82, 2.24) is 0 Å². The predicted octanol–water partition coefficient (Wildman–Crippen LogP) is 16.0. The zero-order valence-electron chi connectivity index (χ0n) is 31.0. The van der Waals surface area contributed by atoms with E-state index in [9.17, 15) is 0 Å². The smallest absolute Gasteiger partial charge is 0.159 e. The Hall–Kier alpha value is -7.20. The summed E-state index contributed by atoms with van der Waals surface area (Å²) < 4.78 is 9.78. The molecule has 1 aliphatic heterocycles. The molecule has 0 radical (unpaired) electrons. The van der Waals surface area contributed by atoms with Crippen molar-refractivity contribution in [3.63, 3.8) is 0 Å². The average Bonchev–Trinajstić information content (AvgIpc) is 3.60. The van der Waals surface area contributed by atoms with Gasteiger partial charge in [0.2, 0.25) is 0 Å². The molecule has 0 N–H and O–H groups in total.